The van der Waals surface area contributed by atoms with Gasteiger partial charge in [-0.1, -0.05) is 0 Å². The molecule has 1 fully saturated rings. The molecule has 10 heteroatoms. The molecule has 0 aromatic carbocycles. The molecule has 0 radical (unpaired) electrons. The first-order valence-corrected chi connectivity index (χ1v) is 8.90. The molecule has 1 atom stereocenters. The van der Waals surface area contributed by atoms with E-state index in [2.05, 4.69) is 21.2 Å². The Balaban J connectivity index is 1.97. The van der Waals surface area contributed by atoms with Gasteiger partial charge in [0, 0.05) is 25.2 Å². The molecule has 132 valence electrons. The number of hydrogen-bond donors (Lipinski definition) is 1. The number of rotatable bonds is 3. The summed E-state index contributed by atoms with van der Waals surface area (Å²) in [6.45, 7) is 6.15. The lowest BCUT2D eigenvalue weighted by Gasteiger charge is -2.24. The van der Waals surface area contributed by atoms with Gasteiger partial charge in [-0.25, -0.2) is 4.79 Å². The third kappa shape index (κ3) is 4.67. The molecular formula is C14H18BrN3O5S. The van der Waals surface area contributed by atoms with Crippen molar-refractivity contribution in [1.82, 2.24) is 10.2 Å². The van der Waals surface area contributed by atoms with Crippen LogP contribution < -0.4 is 5.32 Å². The number of halogens is 1. The van der Waals surface area contributed by atoms with Gasteiger partial charge in [0.1, 0.15) is 5.60 Å². The highest BCUT2D eigenvalue weighted by molar-refractivity contribution is 9.11. The van der Waals surface area contributed by atoms with Crippen LogP contribution in [0.15, 0.2) is 9.85 Å². The molecule has 1 aromatic heterocycles. The van der Waals surface area contributed by atoms with Gasteiger partial charge in [-0.05, 0) is 43.1 Å². The number of amides is 2. The lowest BCUT2D eigenvalue weighted by Crippen LogP contribution is -2.40. The average Bonchev–Trinajstić information content (AvgIpc) is 3.03. The maximum atomic E-state index is 12.3. The van der Waals surface area contributed by atoms with Gasteiger partial charge in [0.05, 0.1) is 8.71 Å². The number of ether oxygens (including phenoxy) is 1. The smallest absolute Gasteiger partial charge is 0.410 e. The number of carbonyl (C=O) groups excluding carboxylic acids is 2. The highest BCUT2D eigenvalue weighted by Crippen LogP contribution is 2.32. The molecule has 1 saturated heterocycles. The highest BCUT2D eigenvalue weighted by atomic mass is 79.9. The molecule has 2 rings (SSSR count). The average molecular weight is 420 g/mol. The summed E-state index contributed by atoms with van der Waals surface area (Å²) in [5, 5.41) is 13.7. The van der Waals surface area contributed by atoms with E-state index in [-0.39, 0.29) is 16.6 Å². The van der Waals surface area contributed by atoms with Crippen molar-refractivity contribution in [3.8, 4) is 0 Å². The van der Waals surface area contributed by atoms with Crippen molar-refractivity contribution in [2.75, 3.05) is 13.1 Å². The third-order valence-electron chi connectivity index (χ3n) is 3.26. The fourth-order valence-electron chi connectivity index (χ4n) is 2.27. The van der Waals surface area contributed by atoms with E-state index in [4.69, 9.17) is 4.74 Å². The summed E-state index contributed by atoms with van der Waals surface area (Å²) in [6.07, 6.45) is 0.148. The summed E-state index contributed by atoms with van der Waals surface area (Å²) in [5.74, 6) is -0.506. The van der Waals surface area contributed by atoms with Crippen molar-refractivity contribution in [1.29, 1.82) is 0 Å². The van der Waals surface area contributed by atoms with Crippen LogP contribution in [0.1, 0.15) is 36.9 Å². The van der Waals surface area contributed by atoms with Gasteiger partial charge in [0.15, 0.2) is 4.88 Å². The summed E-state index contributed by atoms with van der Waals surface area (Å²) >= 11 is 4.16. The van der Waals surface area contributed by atoms with Crippen LogP contribution in [0.2, 0.25) is 0 Å². The number of carbonyl (C=O) groups is 2. The van der Waals surface area contributed by atoms with Gasteiger partial charge in [-0.15, -0.1) is 11.3 Å². The summed E-state index contributed by atoms with van der Waals surface area (Å²) in [4.78, 5) is 36.3. The van der Waals surface area contributed by atoms with E-state index in [0.29, 0.717) is 23.3 Å². The van der Waals surface area contributed by atoms with Gasteiger partial charge < -0.3 is 15.0 Å². The molecule has 24 heavy (non-hydrogen) atoms. The minimum Gasteiger partial charge on any atom is -0.444 e. The normalized spacial score (nSPS) is 17.7. The molecule has 0 aliphatic carbocycles. The van der Waals surface area contributed by atoms with Crippen LogP contribution in [-0.4, -0.2) is 46.6 Å². The van der Waals surface area contributed by atoms with Crippen molar-refractivity contribution < 1.29 is 19.2 Å². The van der Waals surface area contributed by atoms with Gasteiger partial charge in [0.2, 0.25) is 0 Å². The quantitative estimate of drug-likeness (QED) is 0.598. The van der Waals surface area contributed by atoms with Crippen molar-refractivity contribution in [3.63, 3.8) is 0 Å². The Kier molecular flexibility index (Phi) is 5.49. The molecule has 8 nitrogen and oxygen atoms in total. The third-order valence-corrected chi connectivity index (χ3v) is 4.89. The van der Waals surface area contributed by atoms with Crippen molar-refractivity contribution >= 4 is 45.0 Å². The first-order valence-electron chi connectivity index (χ1n) is 7.29. The minimum absolute atomic E-state index is 0.0441. The number of nitro groups is 1. The lowest BCUT2D eigenvalue weighted by atomic mass is 10.2. The molecule has 0 saturated carbocycles. The van der Waals surface area contributed by atoms with Crippen molar-refractivity contribution in [2.24, 2.45) is 0 Å². The van der Waals surface area contributed by atoms with E-state index in [9.17, 15) is 19.7 Å². The molecule has 1 aromatic rings. The topological polar surface area (TPSA) is 102 Å². The zero-order chi connectivity index (χ0) is 18.1. The van der Waals surface area contributed by atoms with Gasteiger partial charge in [0.25, 0.3) is 11.6 Å². The Hall–Kier alpha value is -1.68. The van der Waals surface area contributed by atoms with Gasteiger partial charge >= 0.3 is 6.09 Å². The monoisotopic (exact) mass is 419 g/mol. The van der Waals surface area contributed by atoms with Crippen molar-refractivity contribution in [3.05, 3.63) is 24.8 Å². The van der Waals surface area contributed by atoms with E-state index < -0.39 is 22.5 Å². The number of nitrogens with one attached hydrogen (secondary N) is 1. The molecule has 1 aliphatic heterocycles. The second-order valence-corrected chi connectivity index (χ2v) is 8.84. The van der Waals surface area contributed by atoms with Crippen LogP contribution in [-0.2, 0) is 4.74 Å². The molecule has 0 bridgehead atoms. The van der Waals surface area contributed by atoms with Crippen LogP contribution in [0.3, 0.4) is 0 Å². The zero-order valence-corrected chi connectivity index (χ0v) is 15.9. The van der Waals surface area contributed by atoms with Crippen LogP contribution in [0.5, 0.6) is 0 Å². The van der Waals surface area contributed by atoms with Crippen LogP contribution >= 0.6 is 27.3 Å². The number of likely N-dealkylation sites (tertiary alicyclic amines) is 1. The van der Waals surface area contributed by atoms with Gasteiger partial charge in [-0.2, -0.15) is 0 Å². The Morgan fingerprint density at radius 2 is 2.17 bits per heavy atom. The molecular weight excluding hydrogens is 402 g/mol. The fourth-order valence-corrected chi connectivity index (χ4v) is 3.73. The molecule has 2 amide bonds. The van der Waals surface area contributed by atoms with E-state index in [1.165, 1.54) is 11.0 Å². The standard InChI is InChI=1S/C14H18BrN3O5S/c1-14(2,3)23-13(20)17-5-4-8(7-17)16-12(19)11-9(18(21)22)6-10(15)24-11/h6,8H,4-5,7H2,1-3H3,(H,16,19)/t8-/m0/s1. The second-order valence-electron chi connectivity index (χ2n) is 6.41. The fraction of sp³-hybridized carbons (Fsp3) is 0.571. The minimum atomic E-state index is -0.585. The predicted molar refractivity (Wildman–Crippen MR) is 92.4 cm³/mol. The van der Waals surface area contributed by atoms with E-state index in [1.807, 2.05) is 0 Å². The maximum Gasteiger partial charge on any atom is 0.410 e. The second kappa shape index (κ2) is 7.06. The molecule has 0 unspecified atom stereocenters. The molecule has 0 spiro atoms. The lowest BCUT2D eigenvalue weighted by molar-refractivity contribution is -0.384. The van der Waals surface area contributed by atoms with E-state index in [0.717, 1.165) is 11.3 Å². The van der Waals surface area contributed by atoms with Crippen molar-refractivity contribution in [2.45, 2.75) is 38.8 Å². The summed E-state index contributed by atoms with van der Waals surface area (Å²) < 4.78 is 5.81. The summed E-state index contributed by atoms with van der Waals surface area (Å²) in [7, 11) is 0. The van der Waals surface area contributed by atoms with Crippen LogP contribution in [0.4, 0.5) is 10.5 Å². The summed E-state index contributed by atoms with van der Waals surface area (Å²) in [5.41, 5.74) is -0.811. The number of thiophene rings is 1. The van der Waals surface area contributed by atoms with E-state index in [1.54, 1.807) is 20.8 Å². The Morgan fingerprint density at radius 3 is 2.75 bits per heavy atom. The maximum absolute atomic E-state index is 12.3. The molecule has 1 N–H and O–H groups in total. The zero-order valence-electron chi connectivity index (χ0n) is 13.5. The van der Waals surface area contributed by atoms with Gasteiger partial charge in [-0.3, -0.25) is 14.9 Å². The number of hydrogen-bond acceptors (Lipinski definition) is 6. The Bertz CT molecular complexity index is 670. The first-order chi connectivity index (χ1) is 11.1. The SMILES string of the molecule is CC(C)(C)OC(=O)N1CC[C@H](NC(=O)c2sc(Br)cc2[N+](=O)[O-])C1. The number of nitrogens with zero attached hydrogens (tertiary/aromatic N) is 2. The largest absolute Gasteiger partial charge is 0.444 e. The van der Waals surface area contributed by atoms with Crippen LogP contribution in [0, 0.1) is 10.1 Å². The molecule has 2 heterocycles. The van der Waals surface area contributed by atoms with E-state index >= 15 is 0 Å². The first kappa shape index (κ1) is 18.7. The Labute approximate surface area is 151 Å². The Morgan fingerprint density at radius 1 is 1.50 bits per heavy atom. The predicted octanol–water partition coefficient (Wildman–Crippen LogP) is 3.16. The summed E-state index contributed by atoms with van der Waals surface area (Å²) in [6, 6.07) is 1.05. The van der Waals surface area contributed by atoms with Crippen LogP contribution in [0.25, 0.3) is 0 Å². The highest BCUT2D eigenvalue weighted by Gasteiger charge is 2.32. The molecule has 1 aliphatic rings.